The first-order chi connectivity index (χ1) is 12.4. The van der Waals surface area contributed by atoms with Gasteiger partial charge < -0.3 is 15.0 Å². The molecule has 2 N–H and O–H groups in total. The fourth-order valence-corrected chi connectivity index (χ4v) is 3.63. The van der Waals surface area contributed by atoms with Crippen molar-refractivity contribution in [2.45, 2.75) is 59.1 Å². The molecular formula is C21H26N2O3. The molecule has 0 saturated carbocycles. The van der Waals surface area contributed by atoms with Gasteiger partial charge in [-0.05, 0) is 63.6 Å². The number of aromatic amines is 1. The van der Waals surface area contributed by atoms with E-state index in [0.29, 0.717) is 22.5 Å². The number of aryl methyl sites for hydroxylation is 2. The highest BCUT2D eigenvalue weighted by atomic mass is 16.5. The summed E-state index contributed by atoms with van der Waals surface area (Å²) in [4.78, 5) is 28.1. The average molecular weight is 354 g/mol. The summed E-state index contributed by atoms with van der Waals surface area (Å²) >= 11 is 0. The van der Waals surface area contributed by atoms with Crippen LogP contribution in [-0.4, -0.2) is 29.0 Å². The Kier molecular flexibility index (Phi) is 5.16. The Morgan fingerprint density at radius 2 is 1.88 bits per heavy atom. The molecule has 1 aliphatic carbocycles. The van der Waals surface area contributed by atoms with E-state index in [9.17, 15) is 9.59 Å². The maximum Gasteiger partial charge on any atom is 0.340 e. The summed E-state index contributed by atoms with van der Waals surface area (Å²) in [6, 6.07) is 8.47. The van der Waals surface area contributed by atoms with Gasteiger partial charge in [0, 0.05) is 11.7 Å². The third-order valence-corrected chi connectivity index (χ3v) is 4.89. The number of rotatable bonds is 4. The zero-order chi connectivity index (χ0) is 18.8. The van der Waals surface area contributed by atoms with Gasteiger partial charge in [-0.25, -0.2) is 4.79 Å². The Bertz CT molecular complexity index is 836. The van der Waals surface area contributed by atoms with E-state index in [2.05, 4.69) is 28.5 Å². The first-order valence-electron chi connectivity index (χ1n) is 9.14. The fourth-order valence-electron chi connectivity index (χ4n) is 3.63. The molecule has 138 valence electrons. The Labute approximate surface area is 154 Å². The second-order valence-corrected chi connectivity index (χ2v) is 7.26. The highest BCUT2D eigenvalue weighted by Gasteiger charge is 2.26. The largest absolute Gasteiger partial charge is 0.459 e. The molecule has 26 heavy (non-hydrogen) atoms. The smallest absolute Gasteiger partial charge is 0.340 e. The molecule has 1 amide bonds. The van der Waals surface area contributed by atoms with Crippen LogP contribution in [-0.2, 0) is 17.6 Å². The minimum atomic E-state index is -0.392. The van der Waals surface area contributed by atoms with Crippen LogP contribution < -0.4 is 5.32 Å². The lowest BCUT2D eigenvalue weighted by Gasteiger charge is -2.25. The average Bonchev–Trinajstić information content (AvgIpc) is 2.88. The van der Waals surface area contributed by atoms with Crippen LogP contribution >= 0.6 is 0 Å². The third kappa shape index (κ3) is 3.66. The molecule has 1 aromatic heterocycles. The number of fused-ring (bicyclic) bond motifs is 1. The topological polar surface area (TPSA) is 71.2 Å². The summed E-state index contributed by atoms with van der Waals surface area (Å²) in [5, 5.41) is 3.11. The van der Waals surface area contributed by atoms with Crippen LogP contribution in [0.2, 0.25) is 0 Å². The zero-order valence-electron chi connectivity index (χ0n) is 15.8. The second kappa shape index (κ2) is 7.36. The van der Waals surface area contributed by atoms with Crippen LogP contribution in [0.3, 0.4) is 0 Å². The van der Waals surface area contributed by atoms with E-state index in [1.165, 1.54) is 11.1 Å². The molecule has 0 aliphatic heterocycles. The quantitative estimate of drug-likeness (QED) is 0.826. The maximum absolute atomic E-state index is 12.8. The van der Waals surface area contributed by atoms with Gasteiger partial charge in [-0.3, -0.25) is 4.79 Å². The second-order valence-electron chi connectivity index (χ2n) is 7.26. The van der Waals surface area contributed by atoms with Crippen molar-refractivity contribution in [3.8, 4) is 0 Å². The number of amides is 1. The van der Waals surface area contributed by atoms with Gasteiger partial charge in [0.2, 0.25) is 0 Å². The van der Waals surface area contributed by atoms with Crippen molar-refractivity contribution in [2.75, 3.05) is 0 Å². The molecule has 0 bridgehead atoms. The number of benzene rings is 1. The lowest BCUT2D eigenvalue weighted by Crippen LogP contribution is -2.39. The van der Waals surface area contributed by atoms with Crippen LogP contribution in [0, 0.1) is 13.8 Å². The molecular weight excluding hydrogens is 328 g/mol. The summed E-state index contributed by atoms with van der Waals surface area (Å²) in [6.07, 6.45) is 2.53. The van der Waals surface area contributed by atoms with Crippen LogP contribution in [0.15, 0.2) is 24.3 Å². The number of hydrogen-bond acceptors (Lipinski definition) is 3. The standard InChI is InChI=1S/C21H26N2O3/c1-12(2)26-21(25)18-13(3)19(22-14(18)4)20(24)23-17-10-9-15-7-5-6-8-16(15)11-17/h5-8,12,17,22H,9-11H2,1-4H3,(H,23,24). The predicted molar refractivity (Wildman–Crippen MR) is 101 cm³/mol. The van der Waals surface area contributed by atoms with Gasteiger partial charge >= 0.3 is 5.97 Å². The van der Waals surface area contributed by atoms with Crippen molar-refractivity contribution in [1.29, 1.82) is 0 Å². The van der Waals surface area contributed by atoms with Crippen molar-refractivity contribution < 1.29 is 14.3 Å². The van der Waals surface area contributed by atoms with E-state index in [1.54, 1.807) is 13.8 Å². The van der Waals surface area contributed by atoms with Crippen LogP contribution in [0.4, 0.5) is 0 Å². The van der Waals surface area contributed by atoms with Gasteiger partial charge in [-0.15, -0.1) is 0 Å². The molecule has 1 aromatic carbocycles. The van der Waals surface area contributed by atoms with E-state index in [-0.39, 0.29) is 18.1 Å². The molecule has 1 aliphatic rings. The monoisotopic (exact) mass is 354 g/mol. The number of aromatic nitrogens is 1. The minimum Gasteiger partial charge on any atom is -0.459 e. The molecule has 1 unspecified atom stereocenters. The predicted octanol–water partition coefficient (Wildman–Crippen LogP) is 3.48. The molecule has 5 heteroatoms. The highest BCUT2D eigenvalue weighted by Crippen LogP contribution is 2.23. The first kappa shape index (κ1) is 18.2. The minimum absolute atomic E-state index is 0.103. The summed E-state index contributed by atoms with van der Waals surface area (Å²) in [5.41, 5.74) is 4.86. The third-order valence-electron chi connectivity index (χ3n) is 4.89. The molecule has 1 atom stereocenters. The van der Waals surface area contributed by atoms with Crippen molar-refractivity contribution >= 4 is 11.9 Å². The molecule has 5 nitrogen and oxygen atoms in total. The van der Waals surface area contributed by atoms with Crippen molar-refractivity contribution in [3.05, 3.63) is 57.9 Å². The lowest BCUT2D eigenvalue weighted by molar-refractivity contribution is 0.0376. The van der Waals surface area contributed by atoms with Gasteiger partial charge in [-0.2, -0.15) is 0 Å². The molecule has 0 fully saturated rings. The number of carbonyl (C=O) groups excluding carboxylic acids is 2. The zero-order valence-corrected chi connectivity index (χ0v) is 15.8. The van der Waals surface area contributed by atoms with Gasteiger partial charge in [0.05, 0.1) is 11.7 Å². The van der Waals surface area contributed by atoms with Gasteiger partial charge in [0.25, 0.3) is 5.91 Å². The van der Waals surface area contributed by atoms with E-state index in [4.69, 9.17) is 4.74 Å². The Morgan fingerprint density at radius 1 is 1.19 bits per heavy atom. The van der Waals surface area contributed by atoms with E-state index in [0.717, 1.165) is 19.3 Å². The molecule has 0 saturated heterocycles. The number of ether oxygens (including phenoxy) is 1. The van der Waals surface area contributed by atoms with Gasteiger partial charge in [0.15, 0.2) is 0 Å². The van der Waals surface area contributed by atoms with Crippen LogP contribution in [0.25, 0.3) is 0 Å². The van der Waals surface area contributed by atoms with E-state index < -0.39 is 5.97 Å². The summed E-state index contributed by atoms with van der Waals surface area (Å²) in [5.74, 6) is -0.560. The number of H-pyrrole nitrogens is 1. The Hall–Kier alpha value is -2.56. The fraction of sp³-hybridized carbons (Fsp3) is 0.429. The Balaban J connectivity index is 1.74. The summed E-state index contributed by atoms with van der Waals surface area (Å²) in [7, 11) is 0. The summed E-state index contributed by atoms with van der Waals surface area (Å²) < 4.78 is 5.29. The number of nitrogens with one attached hydrogen (secondary N) is 2. The van der Waals surface area contributed by atoms with Crippen molar-refractivity contribution in [1.82, 2.24) is 10.3 Å². The van der Waals surface area contributed by atoms with E-state index >= 15 is 0 Å². The summed E-state index contributed by atoms with van der Waals surface area (Å²) in [6.45, 7) is 7.19. The first-order valence-corrected chi connectivity index (χ1v) is 9.14. The highest BCUT2D eigenvalue weighted by molar-refractivity contribution is 6.00. The normalized spacial score (nSPS) is 16.3. The molecule has 0 radical (unpaired) electrons. The molecule has 0 spiro atoms. The molecule has 2 aromatic rings. The number of esters is 1. The van der Waals surface area contributed by atoms with Crippen LogP contribution in [0.1, 0.15) is 63.5 Å². The molecule has 1 heterocycles. The van der Waals surface area contributed by atoms with E-state index in [1.807, 2.05) is 19.9 Å². The number of carbonyl (C=O) groups is 2. The maximum atomic E-state index is 12.8. The van der Waals surface area contributed by atoms with Gasteiger partial charge in [-0.1, -0.05) is 24.3 Å². The van der Waals surface area contributed by atoms with Gasteiger partial charge in [0.1, 0.15) is 5.69 Å². The Morgan fingerprint density at radius 3 is 2.58 bits per heavy atom. The lowest BCUT2D eigenvalue weighted by atomic mass is 9.88. The van der Waals surface area contributed by atoms with Crippen molar-refractivity contribution in [3.63, 3.8) is 0 Å². The number of hydrogen-bond donors (Lipinski definition) is 2. The van der Waals surface area contributed by atoms with Crippen LogP contribution in [0.5, 0.6) is 0 Å². The molecule has 3 rings (SSSR count). The van der Waals surface area contributed by atoms with Crippen molar-refractivity contribution in [2.24, 2.45) is 0 Å². The SMILES string of the molecule is Cc1[nH]c(C(=O)NC2CCc3ccccc3C2)c(C)c1C(=O)OC(C)C.